The minimum absolute atomic E-state index is 0.0886. The highest BCUT2D eigenvalue weighted by atomic mass is 79.9. The maximum Gasteiger partial charge on any atom is 0.417 e. The zero-order valence-electron chi connectivity index (χ0n) is 13.3. The van der Waals surface area contributed by atoms with E-state index in [1.54, 1.807) is 4.90 Å². The fourth-order valence-electron chi connectivity index (χ4n) is 2.98. The van der Waals surface area contributed by atoms with Gasteiger partial charge >= 0.3 is 6.18 Å². The van der Waals surface area contributed by atoms with Gasteiger partial charge in [0, 0.05) is 24.6 Å². The van der Waals surface area contributed by atoms with Crippen molar-refractivity contribution < 1.29 is 22.5 Å². The normalized spacial score (nSPS) is 16.1. The molecule has 0 spiro atoms. The molecule has 0 bridgehead atoms. The van der Waals surface area contributed by atoms with E-state index in [4.69, 9.17) is 21.9 Å². The quantitative estimate of drug-likeness (QED) is 0.716. The van der Waals surface area contributed by atoms with Gasteiger partial charge in [0.15, 0.2) is 0 Å². The monoisotopic (exact) mass is 451 g/mol. The average Bonchev–Trinajstić information content (AvgIpc) is 2.92. The van der Waals surface area contributed by atoms with E-state index in [0.29, 0.717) is 36.1 Å². The summed E-state index contributed by atoms with van der Waals surface area (Å²) in [6, 6.07) is 3.05. The number of likely N-dealkylation sites (tertiary alicyclic amines) is 1. The molecule has 1 amide bonds. The zero-order valence-corrected chi connectivity index (χ0v) is 15.7. The first-order valence-corrected chi connectivity index (χ1v) is 8.92. The smallest absolute Gasteiger partial charge is 0.367 e. The van der Waals surface area contributed by atoms with Crippen LogP contribution in [0.2, 0.25) is 5.02 Å². The Bertz CT molecular complexity index is 833. The van der Waals surface area contributed by atoms with E-state index >= 15 is 0 Å². The Morgan fingerprint density at radius 3 is 2.50 bits per heavy atom. The lowest BCUT2D eigenvalue weighted by Gasteiger charge is -2.31. The van der Waals surface area contributed by atoms with Gasteiger partial charge in [-0.15, -0.1) is 0 Å². The molecular formula is C16H14BrClF3N3O2. The highest BCUT2D eigenvalue weighted by molar-refractivity contribution is 9.10. The van der Waals surface area contributed by atoms with Crippen molar-refractivity contribution in [3.63, 3.8) is 0 Å². The summed E-state index contributed by atoms with van der Waals surface area (Å²) in [4.78, 5) is 14.1. The van der Waals surface area contributed by atoms with Crippen LogP contribution in [0.4, 0.5) is 19.1 Å². The van der Waals surface area contributed by atoms with E-state index in [9.17, 15) is 18.0 Å². The van der Waals surface area contributed by atoms with Gasteiger partial charge in [0.2, 0.25) is 5.88 Å². The Morgan fingerprint density at radius 1 is 1.35 bits per heavy atom. The van der Waals surface area contributed by atoms with Crippen LogP contribution in [-0.2, 0) is 6.18 Å². The number of anilines is 1. The lowest BCUT2D eigenvalue weighted by molar-refractivity contribution is -0.137. The van der Waals surface area contributed by atoms with E-state index < -0.39 is 16.8 Å². The number of nitrogens with zero attached hydrogens (tertiary/aromatic N) is 2. The molecule has 140 valence electrons. The fourth-order valence-corrected chi connectivity index (χ4v) is 3.73. The van der Waals surface area contributed by atoms with Gasteiger partial charge in [-0.3, -0.25) is 4.79 Å². The molecule has 3 rings (SSSR count). The summed E-state index contributed by atoms with van der Waals surface area (Å²) in [5.74, 6) is -0.0543. The van der Waals surface area contributed by atoms with E-state index in [-0.39, 0.29) is 23.3 Å². The minimum Gasteiger partial charge on any atom is -0.367 e. The number of rotatable bonds is 2. The Labute approximate surface area is 160 Å². The van der Waals surface area contributed by atoms with Gasteiger partial charge in [0.1, 0.15) is 10.2 Å². The van der Waals surface area contributed by atoms with Crippen molar-refractivity contribution in [1.29, 1.82) is 0 Å². The molecule has 0 atom stereocenters. The number of amides is 1. The van der Waals surface area contributed by atoms with E-state index in [2.05, 4.69) is 21.1 Å². The van der Waals surface area contributed by atoms with Crippen LogP contribution in [0, 0.1) is 0 Å². The van der Waals surface area contributed by atoms with Crippen LogP contribution in [0.3, 0.4) is 0 Å². The minimum atomic E-state index is -4.55. The van der Waals surface area contributed by atoms with Gasteiger partial charge in [-0.1, -0.05) is 16.8 Å². The standard InChI is InChI=1S/C16H14BrClF3N3O2/c17-12-13(23-26-14(12)22)8-3-5-24(6-4-8)15(25)9-1-2-10(11(18)7-9)16(19,20)21/h1-2,7-8H,3-6,22H2. The SMILES string of the molecule is Nc1onc(C2CCN(C(=O)c3ccc(C(F)(F)F)c(Cl)c3)CC2)c1Br. The summed E-state index contributed by atoms with van der Waals surface area (Å²) in [6.07, 6.45) is -3.26. The van der Waals surface area contributed by atoms with Crippen LogP contribution in [0.25, 0.3) is 0 Å². The first-order valence-electron chi connectivity index (χ1n) is 7.75. The Kier molecular flexibility index (Phi) is 5.21. The predicted octanol–water partition coefficient (Wildman–Crippen LogP) is 4.71. The van der Waals surface area contributed by atoms with E-state index in [0.717, 1.165) is 18.2 Å². The van der Waals surface area contributed by atoms with Gasteiger partial charge < -0.3 is 15.2 Å². The fraction of sp³-hybridized carbons (Fsp3) is 0.375. The molecule has 10 heteroatoms. The highest BCUT2D eigenvalue weighted by Crippen LogP contribution is 2.37. The number of hydrogen-bond donors (Lipinski definition) is 1. The van der Waals surface area contributed by atoms with Gasteiger partial charge in [0.05, 0.1) is 10.6 Å². The summed E-state index contributed by atoms with van der Waals surface area (Å²) < 4.78 is 43.9. The molecule has 0 aliphatic carbocycles. The molecule has 0 radical (unpaired) electrons. The first kappa shape index (κ1) is 19.0. The maximum atomic E-state index is 12.8. The van der Waals surface area contributed by atoms with Crippen molar-refractivity contribution in [1.82, 2.24) is 10.1 Å². The van der Waals surface area contributed by atoms with Crippen LogP contribution in [0.15, 0.2) is 27.2 Å². The number of benzene rings is 1. The largest absolute Gasteiger partial charge is 0.417 e. The highest BCUT2D eigenvalue weighted by Gasteiger charge is 2.34. The van der Waals surface area contributed by atoms with Crippen molar-refractivity contribution in [3.8, 4) is 0 Å². The lowest BCUT2D eigenvalue weighted by atomic mass is 9.93. The van der Waals surface area contributed by atoms with E-state index in [1.165, 1.54) is 0 Å². The molecule has 0 saturated carbocycles. The van der Waals surface area contributed by atoms with Crippen LogP contribution in [-0.4, -0.2) is 29.1 Å². The molecule has 26 heavy (non-hydrogen) atoms. The number of alkyl halides is 3. The summed E-state index contributed by atoms with van der Waals surface area (Å²) in [5, 5.41) is 3.45. The Hall–Kier alpha value is -1.74. The third-order valence-corrected chi connectivity index (χ3v) is 5.48. The number of carbonyl (C=O) groups is 1. The van der Waals surface area contributed by atoms with Crippen LogP contribution in [0.5, 0.6) is 0 Å². The topological polar surface area (TPSA) is 72.4 Å². The van der Waals surface area contributed by atoms with Crippen molar-refractivity contribution in [2.24, 2.45) is 0 Å². The molecule has 1 fully saturated rings. The van der Waals surface area contributed by atoms with Crippen LogP contribution < -0.4 is 5.73 Å². The zero-order chi connectivity index (χ0) is 19.1. The first-order chi connectivity index (χ1) is 12.2. The van der Waals surface area contributed by atoms with Gasteiger partial charge in [-0.25, -0.2) is 0 Å². The number of piperidine rings is 1. The van der Waals surface area contributed by atoms with E-state index in [1.807, 2.05) is 0 Å². The van der Waals surface area contributed by atoms with Gasteiger partial charge in [-0.2, -0.15) is 13.2 Å². The molecular weight excluding hydrogens is 439 g/mol. The molecule has 2 aromatic rings. The van der Waals surface area contributed by atoms with Gasteiger partial charge in [-0.05, 0) is 47.0 Å². The number of carbonyl (C=O) groups excluding carboxylic acids is 1. The molecule has 1 aromatic carbocycles. The van der Waals surface area contributed by atoms with Gasteiger partial charge in [0.25, 0.3) is 5.91 Å². The lowest BCUT2D eigenvalue weighted by Crippen LogP contribution is -2.38. The molecule has 1 aromatic heterocycles. The van der Waals surface area contributed by atoms with Crippen molar-refractivity contribution in [3.05, 3.63) is 44.5 Å². The molecule has 1 aliphatic heterocycles. The average molecular weight is 453 g/mol. The predicted molar refractivity (Wildman–Crippen MR) is 92.9 cm³/mol. The number of aromatic nitrogens is 1. The second kappa shape index (κ2) is 7.11. The Balaban J connectivity index is 1.69. The molecule has 2 N–H and O–H groups in total. The Morgan fingerprint density at radius 2 is 2.00 bits per heavy atom. The maximum absolute atomic E-state index is 12.8. The summed E-state index contributed by atoms with van der Waals surface area (Å²) >= 11 is 9.02. The number of nitrogens with two attached hydrogens (primary N) is 1. The molecule has 0 unspecified atom stereocenters. The summed E-state index contributed by atoms with van der Waals surface area (Å²) in [7, 11) is 0. The van der Waals surface area contributed by atoms with Crippen molar-refractivity contribution >= 4 is 39.3 Å². The molecule has 5 nitrogen and oxygen atoms in total. The summed E-state index contributed by atoms with van der Waals surface area (Å²) in [6.45, 7) is 0.892. The second-order valence-electron chi connectivity index (χ2n) is 6.00. The molecule has 2 heterocycles. The number of nitrogen functional groups attached to an aromatic ring is 1. The molecule has 1 aliphatic rings. The van der Waals surface area contributed by atoms with Crippen LogP contribution in [0.1, 0.15) is 40.4 Å². The van der Waals surface area contributed by atoms with Crippen molar-refractivity contribution in [2.45, 2.75) is 24.9 Å². The molecule has 1 saturated heterocycles. The third kappa shape index (κ3) is 3.68. The number of halogens is 5. The van der Waals surface area contributed by atoms with Crippen molar-refractivity contribution in [2.75, 3.05) is 18.8 Å². The van der Waals surface area contributed by atoms with Crippen LogP contribution >= 0.6 is 27.5 Å². The third-order valence-electron chi connectivity index (χ3n) is 4.37. The number of hydrogen-bond acceptors (Lipinski definition) is 4. The second-order valence-corrected chi connectivity index (χ2v) is 7.21. The summed E-state index contributed by atoms with van der Waals surface area (Å²) in [5.41, 5.74) is 5.51.